The summed E-state index contributed by atoms with van der Waals surface area (Å²) in [4.78, 5) is 23.4. The summed E-state index contributed by atoms with van der Waals surface area (Å²) in [7, 11) is 0. The van der Waals surface area contributed by atoms with Crippen molar-refractivity contribution in [3.05, 3.63) is 33.3 Å². The second-order valence-electron chi connectivity index (χ2n) is 4.13. The van der Waals surface area contributed by atoms with E-state index in [4.69, 9.17) is 17.3 Å². The summed E-state index contributed by atoms with van der Waals surface area (Å²) in [5, 5.41) is 2.93. The first-order chi connectivity index (χ1) is 8.30. The van der Waals surface area contributed by atoms with E-state index in [1.807, 2.05) is 0 Å². The van der Waals surface area contributed by atoms with Crippen LogP contribution in [-0.4, -0.2) is 17.4 Å². The molecule has 0 bridgehead atoms. The molecule has 0 radical (unpaired) electrons. The molecule has 1 aromatic carbocycles. The number of hydrogen-bond acceptors (Lipinski definition) is 2. The van der Waals surface area contributed by atoms with Gasteiger partial charge in [0.05, 0.1) is 10.6 Å². The van der Waals surface area contributed by atoms with Crippen LogP contribution >= 0.6 is 27.5 Å². The van der Waals surface area contributed by atoms with Crippen molar-refractivity contribution in [3.63, 3.8) is 0 Å². The minimum Gasteiger partial charge on any atom is -0.368 e. The Morgan fingerprint density at radius 3 is 2.61 bits per heavy atom. The van der Waals surface area contributed by atoms with E-state index in [2.05, 4.69) is 21.2 Å². The third kappa shape index (κ3) is 3.23. The molecule has 1 atom stereocenters. The molecule has 18 heavy (non-hydrogen) atoms. The van der Waals surface area contributed by atoms with Crippen LogP contribution in [0.5, 0.6) is 0 Å². The number of carbonyl (C=O) groups is 2. The van der Waals surface area contributed by atoms with Gasteiger partial charge in [-0.15, -0.1) is 0 Å². The standard InChI is InChI=1S/C12H14BrClN2O2/c1-3-12(2,11(15)18)16-10(17)8-6-7(13)4-5-9(8)14/h4-6H,3H2,1-2H3,(H2,15,18)(H,16,17). The number of nitrogens with two attached hydrogens (primary N) is 1. The Balaban J connectivity index is 3.02. The number of benzene rings is 1. The molecule has 6 heteroatoms. The zero-order valence-electron chi connectivity index (χ0n) is 10.1. The molecule has 0 aliphatic rings. The molecule has 2 amide bonds. The molecule has 1 aromatic rings. The van der Waals surface area contributed by atoms with Crippen molar-refractivity contribution in [2.45, 2.75) is 25.8 Å². The summed E-state index contributed by atoms with van der Waals surface area (Å²) < 4.78 is 0.731. The first-order valence-electron chi connectivity index (χ1n) is 5.37. The molecular weight excluding hydrogens is 320 g/mol. The minimum absolute atomic E-state index is 0.298. The lowest BCUT2D eigenvalue weighted by Crippen LogP contribution is -2.54. The highest BCUT2D eigenvalue weighted by Gasteiger charge is 2.31. The molecule has 3 N–H and O–H groups in total. The van der Waals surface area contributed by atoms with E-state index in [1.54, 1.807) is 32.0 Å². The minimum atomic E-state index is -1.08. The van der Waals surface area contributed by atoms with E-state index in [9.17, 15) is 9.59 Å². The lowest BCUT2D eigenvalue weighted by Gasteiger charge is -2.26. The molecule has 0 saturated carbocycles. The normalized spacial score (nSPS) is 13.8. The molecule has 4 nitrogen and oxygen atoms in total. The number of carbonyl (C=O) groups excluding carboxylic acids is 2. The smallest absolute Gasteiger partial charge is 0.253 e. The van der Waals surface area contributed by atoms with Crippen LogP contribution in [-0.2, 0) is 4.79 Å². The van der Waals surface area contributed by atoms with Gasteiger partial charge in [0.1, 0.15) is 5.54 Å². The molecule has 98 valence electrons. The Bertz CT molecular complexity index is 493. The second-order valence-corrected chi connectivity index (χ2v) is 5.45. The number of amides is 2. The van der Waals surface area contributed by atoms with Gasteiger partial charge in [0, 0.05) is 4.47 Å². The molecular formula is C12H14BrClN2O2. The Hall–Kier alpha value is -1.07. The first kappa shape index (κ1) is 15.0. The third-order valence-electron chi connectivity index (χ3n) is 2.81. The number of nitrogens with one attached hydrogen (secondary N) is 1. The molecule has 0 spiro atoms. The number of hydrogen-bond donors (Lipinski definition) is 2. The average Bonchev–Trinajstić information content (AvgIpc) is 2.31. The van der Waals surface area contributed by atoms with Crippen molar-refractivity contribution in [1.82, 2.24) is 5.32 Å². The summed E-state index contributed by atoms with van der Waals surface area (Å²) in [6.45, 7) is 3.35. The van der Waals surface area contributed by atoms with Gasteiger partial charge < -0.3 is 11.1 Å². The predicted molar refractivity (Wildman–Crippen MR) is 74.5 cm³/mol. The Morgan fingerprint density at radius 1 is 1.50 bits per heavy atom. The molecule has 0 saturated heterocycles. The lowest BCUT2D eigenvalue weighted by atomic mass is 9.97. The van der Waals surface area contributed by atoms with Crippen LogP contribution < -0.4 is 11.1 Å². The highest BCUT2D eigenvalue weighted by Crippen LogP contribution is 2.22. The number of halogens is 2. The van der Waals surface area contributed by atoms with E-state index in [0.717, 1.165) is 4.47 Å². The van der Waals surface area contributed by atoms with Gasteiger partial charge in [-0.05, 0) is 31.5 Å². The zero-order valence-corrected chi connectivity index (χ0v) is 12.4. The van der Waals surface area contributed by atoms with Crippen LogP contribution in [0.4, 0.5) is 0 Å². The predicted octanol–water partition coefficient (Wildman–Crippen LogP) is 2.49. The zero-order chi connectivity index (χ0) is 13.9. The van der Waals surface area contributed by atoms with Crippen molar-refractivity contribution in [3.8, 4) is 0 Å². The van der Waals surface area contributed by atoms with E-state index < -0.39 is 17.4 Å². The molecule has 0 aliphatic heterocycles. The Labute approximate surface area is 119 Å². The van der Waals surface area contributed by atoms with E-state index in [-0.39, 0.29) is 0 Å². The van der Waals surface area contributed by atoms with Crippen molar-refractivity contribution < 1.29 is 9.59 Å². The topological polar surface area (TPSA) is 72.2 Å². The van der Waals surface area contributed by atoms with Gasteiger partial charge in [0.25, 0.3) is 5.91 Å². The van der Waals surface area contributed by atoms with Crippen molar-refractivity contribution in [2.24, 2.45) is 5.73 Å². The molecule has 0 aliphatic carbocycles. The molecule has 0 fully saturated rings. The van der Waals surface area contributed by atoms with Crippen molar-refractivity contribution >= 4 is 39.3 Å². The van der Waals surface area contributed by atoms with Crippen LogP contribution in [0.15, 0.2) is 22.7 Å². The van der Waals surface area contributed by atoms with Gasteiger partial charge in [-0.1, -0.05) is 34.5 Å². The SMILES string of the molecule is CCC(C)(NC(=O)c1cc(Br)ccc1Cl)C(N)=O. The summed E-state index contributed by atoms with van der Waals surface area (Å²) in [5.74, 6) is -1.01. The van der Waals surface area contributed by atoms with Crippen molar-refractivity contribution in [2.75, 3.05) is 0 Å². The summed E-state index contributed by atoms with van der Waals surface area (Å²) in [6.07, 6.45) is 0.402. The average molecular weight is 334 g/mol. The van der Waals surface area contributed by atoms with Gasteiger partial charge in [-0.2, -0.15) is 0 Å². The van der Waals surface area contributed by atoms with Crippen LogP contribution in [0.1, 0.15) is 30.6 Å². The maximum absolute atomic E-state index is 12.1. The second kappa shape index (κ2) is 5.71. The van der Waals surface area contributed by atoms with Crippen LogP contribution in [0.25, 0.3) is 0 Å². The highest BCUT2D eigenvalue weighted by molar-refractivity contribution is 9.10. The molecule has 0 aromatic heterocycles. The van der Waals surface area contributed by atoms with E-state index in [0.29, 0.717) is 17.0 Å². The van der Waals surface area contributed by atoms with Crippen LogP contribution in [0, 0.1) is 0 Å². The van der Waals surface area contributed by atoms with Gasteiger partial charge in [-0.25, -0.2) is 0 Å². The monoisotopic (exact) mass is 332 g/mol. The summed E-state index contributed by atoms with van der Waals surface area (Å²) in [5.41, 5.74) is 4.50. The van der Waals surface area contributed by atoms with E-state index in [1.165, 1.54) is 0 Å². The maximum Gasteiger partial charge on any atom is 0.253 e. The van der Waals surface area contributed by atoms with E-state index >= 15 is 0 Å². The molecule has 1 rings (SSSR count). The van der Waals surface area contributed by atoms with Crippen LogP contribution in [0.3, 0.4) is 0 Å². The van der Waals surface area contributed by atoms with Gasteiger partial charge in [0.15, 0.2) is 0 Å². The van der Waals surface area contributed by atoms with Crippen molar-refractivity contribution in [1.29, 1.82) is 0 Å². The fourth-order valence-corrected chi connectivity index (χ4v) is 1.88. The largest absolute Gasteiger partial charge is 0.368 e. The van der Waals surface area contributed by atoms with Gasteiger partial charge >= 0.3 is 0 Å². The third-order valence-corrected chi connectivity index (χ3v) is 3.64. The number of rotatable bonds is 4. The highest BCUT2D eigenvalue weighted by atomic mass is 79.9. The maximum atomic E-state index is 12.1. The van der Waals surface area contributed by atoms with Crippen LogP contribution in [0.2, 0.25) is 5.02 Å². The summed E-state index contributed by atoms with van der Waals surface area (Å²) in [6, 6.07) is 4.93. The fourth-order valence-electron chi connectivity index (χ4n) is 1.31. The van der Waals surface area contributed by atoms with Gasteiger partial charge in [0.2, 0.25) is 5.91 Å². The fraction of sp³-hybridized carbons (Fsp3) is 0.333. The number of primary amides is 1. The Morgan fingerprint density at radius 2 is 2.11 bits per heavy atom. The van der Waals surface area contributed by atoms with Gasteiger partial charge in [-0.3, -0.25) is 9.59 Å². The lowest BCUT2D eigenvalue weighted by molar-refractivity contribution is -0.123. The Kier molecular flexibility index (Phi) is 4.76. The first-order valence-corrected chi connectivity index (χ1v) is 6.54. The summed E-state index contributed by atoms with van der Waals surface area (Å²) >= 11 is 9.20. The molecule has 1 unspecified atom stereocenters. The quantitative estimate of drug-likeness (QED) is 0.888. The molecule has 0 heterocycles.